The summed E-state index contributed by atoms with van der Waals surface area (Å²) in [5.41, 5.74) is 3.76. The molecular weight excluding hydrogens is 514 g/mol. The second-order valence-electron chi connectivity index (χ2n) is 11.9. The lowest BCUT2D eigenvalue weighted by Crippen LogP contribution is -2.42. The number of aliphatic hydroxyl groups excluding tert-OH is 1. The van der Waals surface area contributed by atoms with Crippen LogP contribution in [0.4, 0.5) is 5.82 Å². The van der Waals surface area contributed by atoms with Gasteiger partial charge in [0.05, 0.1) is 25.0 Å². The Bertz CT molecular complexity index is 1380. The summed E-state index contributed by atoms with van der Waals surface area (Å²) in [4.78, 5) is 20.6. The van der Waals surface area contributed by atoms with Crippen LogP contribution in [0.5, 0.6) is 5.75 Å². The predicted octanol–water partition coefficient (Wildman–Crippen LogP) is 6.26. The van der Waals surface area contributed by atoms with E-state index in [4.69, 9.17) is 4.74 Å². The summed E-state index contributed by atoms with van der Waals surface area (Å²) in [6, 6.07) is 12.4. The van der Waals surface area contributed by atoms with Gasteiger partial charge in [-0.3, -0.25) is 14.4 Å². The van der Waals surface area contributed by atoms with Gasteiger partial charge in [-0.2, -0.15) is 10.4 Å². The lowest BCUT2D eigenvalue weighted by molar-refractivity contribution is -0.124. The van der Waals surface area contributed by atoms with Gasteiger partial charge in [0.25, 0.3) is 0 Å². The molecule has 2 aromatic heterocycles. The molecular formula is C33H41N5O3. The zero-order valence-electron chi connectivity index (χ0n) is 24.4. The number of ether oxygens (including phenoxy) is 1. The van der Waals surface area contributed by atoms with Crippen molar-refractivity contribution in [3.63, 3.8) is 0 Å². The Morgan fingerprint density at radius 1 is 1.10 bits per heavy atom. The lowest BCUT2D eigenvalue weighted by atomic mass is 9.78. The topological polar surface area (TPSA) is 104 Å². The van der Waals surface area contributed by atoms with Crippen molar-refractivity contribution < 1.29 is 14.6 Å². The van der Waals surface area contributed by atoms with Gasteiger partial charge < -0.3 is 9.84 Å². The molecule has 1 amide bonds. The molecule has 0 aliphatic heterocycles. The van der Waals surface area contributed by atoms with Crippen LogP contribution in [0.1, 0.15) is 88.3 Å². The maximum Gasteiger partial charge on any atom is 0.231 e. The second-order valence-corrected chi connectivity index (χ2v) is 11.9. The van der Waals surface area contributed by atoms with E-state index in [1.807, 2.05) is 46.2 Å². The van der Waals surface area contributed by atoms with E-state index in [1.165, 1.54) is 5.56 Å². The normalized spacial score (nSPS) is 22.7. The summed E-state index contributed by atoms with van der Waals surface area (Å²) in [7, 11) is 1.59. The number of carbonyl (C=O) groups excluding carboxylic acids is 1. The van der Waals surface area contributed by atoms with Crippen molar-refractivity contribution in [3.05, 3.63) is 60.0 Å². The molecule has 2 aliphatic rings. The summed E-state index contributed by atoms with van der Waals surface area (Å²) >= 11 is 0. The number of benzene rings is 1. The van der Waals surface area contributed by atoms with E-state index in [0.717, 1.165) is 36.8 Å². The van der Waals surface area contributed by atoms with Crippen LogP contribution in [0.15, 0.2) is 48.9 Å². The summed E-state index contributed by atoms with van der Waals surface area (Å²) in [6.45, 7) is 4.84. The first-order chi connectivity index (χ1) is 19.9. The molecule has 0 unspecified atom stereocenters. The molecule has 2 saturated carbocycles. The standard InChI is InChI=1S/C33H41N5O3/c1-22(2)38-21-29(19-36-38)27-14-15-35-32(17-27)37(33(40)25-8-11-30(39)12-9-25)20-23-4-6-24(7-5-23)26-10-13-31(41-3)28(16-26)18-34/h10,13-17,19,21-25,30,39H,4-9,11-12,20H2,1-3H3/t23-,24-,25-,30-. The van der Waals surface area contributed by atoms with E-state index < -0.39 is 0 Å². The third kappa shape index (κ3) is 6.62. The number of aliphatic hydroxyl groups is 1. The zero-order valence-corrected chi connectivity index (χ0v) is 24.4. The molecule has 0 atom stereocenters. The van der Waals surface area contributed by atoms with Crippen molar-refractivity contribution in [1.29, 1.82) is 5.26 Å². The van der Waals surface area contributed by atoms with Gasteiger partial charge in [0, 0.05) is 36.5 Å². The smallest absolute Gasteiger partial charge is 0.231 e. The summed E-state index contributed by atoms with van der Waals surface area (Å²) in [6.07, 6.45) is 12.2. The van der Waals surface area contributed by atoms with Gasteiger partial charge in [-0.15, -0.1) is 0 Å². The lowest BCUT2D eigenvalue weighted by Gasteiger charge is -2.35. The van der Waals surface area contributed by atoms with Crippen molar-refractivity contribution >= 4 is 11.7 Å². The second kappa shape index (κ2) is 12.9. The molecule has 2 heterocycles. The van der Waals surface area contributed by atoms with Gasteiger partial charge in [0.1, 0.15) is 17.6 Å². The van der Waals surface area contributed by atoms with Gasteiger partial charge in [-0.05, 0) is 112 Å². The van der Waals surface area contributed by atoms with Gasteiger partial charge in [-0.25, -0.2) is 4.98 Å². The average molecular weight is 556 g/mol. The maximum absolute atomic E-state index is 14.0. The Balaban J connectivity index is 1.34. The number of hydrogen-bond acceptors (Lipinski definition) is 6. The van der Waals surface area contributed by atoms with E-state index in [2.05, 4.69) is 36.1 Å². The summed E-state index contributed by atoms with van der Waals surface area (Å²) in [5.74, 6) is 2.09. The number of pyridine rings is 1. The molecule has 1 aromatic carbocycles. The minimum Gasteiger partial charge on any atom is -0.495 e. The van der Waals surface area contributed by atoms with E-state index in [1.54, 1.807) is 13.3 Å². The number of aromatic nitrogens is 3. The van der Waals surface area contributed by atoms with Gasteiger partial charge >= 0.3 is 0 Å². The molecule has 2 aliphatic carbocycles. The van der Waals surface area contributed by atoms with Crippen LogP contribution in [0.2, 0.25) is 0 Å². The number of nitrogens with zero attached hydrogens (tertiary/aromatic N) is 5. The fourth-order valence-electron chi connectivity index (χ4n) is 6.36. The Morgan fingerprint density at radius 2 is 1.85 bits per heavy atom. The van der Waals surface area contributed by atoms with Crippen molar-refractivity contribution in [2.75, 3.05) is 18.6 Å². The number of methoxy groups -OCH3 is 1. The van der Waals surface area contributed by atoms with Crippen LogP contribution in [-0.2, 0) is 4.79 Å². The third-order valence-electron chi connectivity index (χ3n) is 8.90. The van der Waals surface area contributed by atoms with Gasteiger partial charge in [0.15, 0.2) is 0 Å². The quantitative estimate of drug-likeness (QED) is 0.352. The molecule has 216 valence electrons. The van der Waals surface area contributed by atoms with Crippen molar-refractivity contribution in [2.24, 2.45) is 11.8 Å². The third-order valence-corrected chi connectivity index (χ3v) is 8.90. The minimum absolute atomic E-state index is 0.0902. The molecule has 3 aromatic rings. The molecule has 0 bridgehead atoms. The van der Waals surface area contributed by atoms with E-state index >= 15 is 0 Å². The number of carbonyl (C=O) groups is 1. The molecule has 0 radical (unpaired) electrons. The highest BCUT2D eigenvalue weighted by Gasteiger charge is 2.33. The largest absolute Gasteiger partial charge is 0.495 e. The molecule has 8 heteroatoms. The van der Waals surface area contributed by atoms with Crippen LogP contribution in [0.3, 0.4) is 0 Å². The van der Waals surface area contributed by atoms with Crippen LogP contribution < -0.4 is 9.64 Å². The van der Waals surface area contributed by atoms with Crippen molar-refractivity contribution in [1.82, 2.24) is 14.8 Å². The fraction of sp³-hybridized carbons (Fsp3) is 0.515. The van der Waals surface area contributed by atoms with Crippen LogP contribution >= 0.6 is 0 Å². The molecule has 0 saturated heterocycles. The highest BCUT2D eigenvalue weighted by atomic mass is 16.5. The summed E-state index contributed by atoms with van der Waals surface area (Å²) in [5, 5.41) is 24.1. The van der Waals surface area contributed by atoms with Crippen LogP contribution in [0.25, 0.3) is 11.1 Å². The Kier molecular flexibility index (Phi) is 9.04. The molecule has 2 fully saturated rings. The fourth-order valence-corrected chi connectivity index (χ4v) is 6.36. The number of amides is 1. The Hall–Kier alpha value is -3.70. The first-order valence-corrected chi connectivity index (χ1v) is 14.9. The molecule has 0 spiro atoms. The van der Waals surface area contributed by atoms with E-state index in [9.17, 15) is 15.2 Å². The molecule has 8 nitrogen and oxygen atoms in total. The monoisotopic (exact) mass is 555 g/mol. The first kappa shape index (κ1) is 28.8. The average Bonchev–Trinajstić information content (AvgIpc) is 3.51. The minimum atomic E-state index is -0.304. The Morgan fingerprint density at radius 3 is 2.51 bits per heavy atom. The summed E-state index contributed by atoms with van der Waals surface area (Å²) < 4.78 is 7.26. The predicted molar refractivity (Wildman–Crippen MR) is 159 cm³/mol. The van der Waals surface area contributed by atoms with E-state index in [0.29, 0.717) is 61.2 Å². The number of hydrogen-bond donors (Lipinski definition) is 1. The zero-order chi connectivity index (χ0) is 28.9. The molecule has 1 N–H and O–H groups in total. The highest BCUT2D eigenvalue weighted by Crippen LogP contribution is 2.39. The van der Waals surface area contributed by atoms with Gasteiger partial charge in [0.2, 0.25) is 5.91 Å². The molecule has 5 rings (SSSR count). The van der Waals surface area contributed by atoms with Crippen molar-refractivity contribution in [3.8, 4) is 22.9 Å². The highest BCUT2D eigenvalue weighted by molar-refractivity contribution is 5.94. The van der Waals surface area contributed by atoms with Crippen LogP contribution in [-0.4, -0.2) is 45.5 Å². The maximum atomic E-state index is 14.0. The van der Waals surface area contributed by atoms with Crippen LogP contribution in [0, 0.1) is 23.2 Å². The first-order valence-electron chi connectivity index (χ1n) is 14.9. The Labute approximate surface area is 243 Å². The SMILES string of the molecule is COc1ccc([C@H]2CC[C@H](CN(c3cc(-c4cnn(C(C)C)c4)ccn3)C(=O)[C@H]3CC[C@H](O)CC3)CC2)cc1C#N. The number of rotatable bonds is 8. The number of anilines is 1. The van der Waals surface area contributed by atoms with E-state index in [-0.39, 0.29) is 24.0 Å². The number of nitriles is 1. The van der Waals surface area contributed by atoms with Crippen molar-refractivity contribution in [2.45, 2.75) is 83.3 Å². The molecule has 41 heavy (non-hydrogen) atoms. The van der Waals surface area contributed by atoms with Gasteiger partial charge in [-0.1, -0.05) is 6.07 Å².